The molecule has 158 valence electrons. The van der Waals surface area contributed by atoms with E-state index in [9.17, 15) is 4.79 Å². The van der Waals surface area contributed by atoms with Crippen LogP contribution in [0.25, 0.3) is 10.2 Å². The highest BCUT2D eigenvalue weighted by Gasteiger charge is 2.23. The van der Waals surface area contributed by atoms with Gasteiger partial charge in [-0.1, -0.05) is 41.7 Å². The van der Waals surface area contributed by atoms with Crippen LogP contribution in [0, 0.1) is 0 Å². The predicted octanol–water partition coefficient (Wildman–Crippen LogP) is 5.17. The molecule has 4 rings (SSSR count). The average Bonchev–Trinajstić information content (AvgIpc) is 3.25. The van der Waals surface area contributed by atoms with Gasteiger partial charge in [-0.2, -0.15) is 0 Å². The van der Waals surface area contributed by atoms with Crippen LogP contribution in [-0.4, -0.2) is 32.2 Å². The van der Waals surface area contributed by atoms with Crippen molar-refractivity contribution in [3.8, 4) is 17.2 Å². The Morgan fingerprint density at radius 2 is 1.55 bits per heavy atom. The molecule has 0 bridgehead atoms. The largest absolute Gasteiger partial charge is 0.497 e. The van der Waals surface area contributed by atoms with Crippen molar-refractivity contribution in [3.63, 3.8) is 0 Å². The number of hydrogen-bond donors (Lipinski definition) is 0. The van der Waals surface area contributed by atoms with Crippen LogP contribution < -0.4 is 19.1 Å². The van der Waals surface area contributed by atoms with Crippen LogP contribution in [0.15, 0.2) is 66.7 Å². The van der Waals surface area contributed by atoms with Crippen molar-refractivity contribution in [2.24, 2.45) is 0 Å². The van der Waals surface area contributed by atoms with E-state index in [-0.39, 0.29) is 5.91 Å². The number of nitrogens with zero attached hydrogens (tertiary/aromatic N) is 2. The summed E-state index contributed by atoms with van der Waals surface area (Å²) in [7, 11) is 4.74. The van der Waals surface area contributed by atoms with Crippen LogP contribution in [-0.2, 0) is 6.54 Å². The molecule has 6 nitrogen and oxygen atoms in total. The number of anilines is 1. The SMILES string of the molecule is COc1cc(OC)cc(C(=O)N(Cc2ccccc2)c2nc3cc(OC)ccc3s2)c1. The molecule has 31 heavy (non-hydrogen) atoms. The zero-order valence-corrected chi connectivity index (χ0v) is 18.3. The molecule has 0 fully saturated rings. The molecule has 0 aliphatic rings. The van der Waals surface area contributed by atoms with E-state index < -0.39 is 0 Å². The lowest BCUT2D eigenvalue weighted by atomic mass is 10.1. The number of benzene rings is 3. The van der Waals surface area contributed by atoms with E-state index in [1.165, 1.54) is 11.3 Å². The van der Waals surface area contributed by atoms with Gasteiger partial charge in [-0.05, 0) is 29.8 Å². The standard InChI is InChI=1S/C24H22N2O4S/c1-28-18-9-10-22-21(14-18)25-24(31-22)26(15-16-7-5-4-6-8-16)23(27)17-11-19(29-2)13-20(12-17)30-3/h4-14H,15H2,1-3H3. The molecule has 0 unspecified atom stereocenters. The number of methoxy groups -OCH3 is 3. The summed E-state index contributed by atoms with van der Waals surface area (Å²) < 4.78 is 17.0. The van der Waals surface area contributed by atoms with E-state index in [0.29, 0.717) is 28.7 Å². The van der Waals surface area contributed by atoms with E-state index in [1.54, 1.807) is 44.4 Å². The van der Waals surface area contributed by atoms with E-state index >= 15 is 0 Å². The third-order valence-corrected chi connectivity index (χ3v) is 5.90. The number of fused-ring (bicyclic) bond motifs is 1. The molecule has 1 heterocycles. The van der Waals surface area contributed by atoms with Crippen LogP contribution in [0.5, 0.6) is 17.2 Å². The molecule has 0 aliphatic heterocycles. The number of carbonyl (C=O) groups is 1. The number of amides is 1. The second kappa shape index (κ2) is 9.06. The fourth-order valence-electron chi connectivity index (χ4n) is 3.22. The Kier molecular flexibility index (Phi) is 6.04. The molecule has 0 atom stereocenters. The van der Waals surface area contributed by atoms with Crippen molar-refractivity contribution in [2.45, 2.75) is 6.54 Å². The van der Waals surface area contributed by atoms with Crippen LogP contribution in [0.4, 0.5) is 5.13 Å². The first kappa shape index (κ1) is 20.7. The summed E-state index contributed by atoms with van der Waals surface area (Å²) in [6.07, 6.45) is 0. The Morgan fingerprint density at radius 1 is 0.871 bits per heavy atom. The first-order chi connectivity index (χ1) is 15.1. The van der Waals surface area contributed by atoms with Crippen LogP contribution in [0.3, 0.4) is 0 Å². The van der Waals surface area contributed by atoms with Gasteiger partial charge in [-0.3, -0.25) is 9.69 Å². The van der Waals surface area contributed by atoms with Crippen LogP contribution >= 0.6 is 11.3 Å². The molecule has 7 heteroatoms. The topological polar surface area (TPSA) is 60.9 Å². The van der Waals surface area contributed by atoms with Crippen LogP contribution in [0.1, 0.15) is 15.9 Å². The van der Waals surface area contributed by atoms with Crippen molar-refractivity contribution in [3.05, 3.63) is 77.9 Å². The van der Waals surface area contributed by atoms with Gasteiger partial charge in [0.25, 0.3) is 5.91 Å². The fraction of sp³-hybridized carbons (Fsp3) is 0.167. The maximum atomic E-state index is 13.6. The van der Waals surface area contributed by atoms with E-state index in [2.05, 4.69) is 0 Å². The monoisotopic (exact) mass is 434 g/mol. The molecule has 0 spiro atoms. The lowest BCUT2D eigenvalue weighted by molar-refractivity contribution is 0.0984. The summed E-state index contributed by atoms with van der Waals surface area (Å²) in [6.45, 7) is 0.385. The summed E-state index contributed by atoms with van der Waals surface area (Å²) in [5.41, 5.74) is 2.25. The van der Waals surface area contributed by atoms with Gasteiger partial charge >= 0.3 is 0 Å². The summed E-state index contributed by atoms with van der Waals surface area (Å²) in [4.78, 5) is 20.1. The third-order valence-electron chi connectivity index (χ3n) is 4.84. The molecule has 0 aliphatic carbocycles. The first-order valence-corrected chi connectivity index (χ1v) is 10.5. The van der Waals surface area contributed by atoms with Crippen molar-refractivity contribution >= 4 is 32.6 Å². The Labute approximate surface area is 184 Å². The minimum Gasteiger partial charge on any atom is -0.497 e. The normalized spacial score (nSPS) is 10.7. The minimum absolute atomic E-state index is 0.188. The molecule has 4 aromatic rings. The number of ether oxygens (including phenoxy) is 3. The third kappa shape index (κ3) is 4.46. The number of hydrogen-bond acceptors (Lipinski definition) is 6. The average molecular weight is 435 g/mol. The molecule has 0 saturated heterocycles. The first-order valence-electron chi connectivity index (χ1n) is 9.64. The smallest absolute Gasteiger partial charge is 0.260 e. The molecule has 1 aromatic heterocycles. The van der Waals surface area contributed by atoms with Gasteiger partial charge in [0.15, 0.2) is 5.13 Å². The summed E-state index contributed by atoms with van der Waals surface area (Å²) in [5, 5.41) is 0.610. The summed E-state index contributed by atoms with van der Waals surface area (Å²) in [6, 6.07) is 20.7. The highest BCUT2D eigenvalue weighted by molar-refractivity contribution is 7.22. The Balaban J connectivity index is 1.78. The minimum atomic E-state index is -0.188. The van der Waals surface area contributed by atoms with E-state index in [1.807, 2.05) is 48.5 Å². The highest BCUT2D eigenvalue weighted by atomic mass is 32.1. The molecular formula is C24H22N2O4S. The fourth-order valence-corrected chi connectivity index (χ4v) is 4.16. The summed E-state index contributed by atoms with van der Waals surface area (Å²) >= 11 is 1.46. The van der Waals surface area contributed by atoms with Crippen LogP contribution in [0.2, 0.25) is 0 Å². The number of aromatic nitrogens is 1. The van der Waals surface area contributed by atoms with Gasteiger partial charge in [0.2, 0.25) is 0 Å². The number of rotatable bonds is 7. The second-order valence-electron chi connectivity index (χ2n) is 6.81. The van der Waals surface area contributed by atoms with Crippen molar-refractivity contribution in [1.29, 1.82) is 0 Å². The molecule has 3 aromatic carbocycles. The van der Waals surface area contributed by atoms with Gasteiger partial charge < -0.3 is 14.2 Å². The number of thiazole rings is 1. The van der Waals surface area contributed by atoms with E-state index in [4.69, 9.17) is 19.2 Å². The van der Waals surface area contributed by atoms with Crippen molar-refractivity contribution in [1.82, 2.24) is 4.98 Å². The second-order valence-corrected chi connectivity index (χ2v) is 7.82. The van der Waals surface area contributed by atoms with E-state index in [0.717, 1.165) is 21.5 Å². The molecular weight excluding hydrogens is 412 g/mol. The molecule has 0 saturated carbocycles. The quantitative estimate of drug-likeness (QED) is 0.402. The maximum absolute atomic E-state index is 13.6. The zero-order valence-electron chi connectivity index (χ0n) is 17.5. The molecule has 0 radical (unpaired) electrons. The van der Waals surface area contributed by atoms with Gasteiger partial charge in [0.05, 0.1) is 38.1 Å². The zero-order chi connectivity index (χ0) is 21.8. The van der Waals surface area contributed by atoms with Gasteiger partial charge in [0.1, 0.15) is 17.2 Å². The molecule has 0 N–H and O–H groups in total. The van der Waals surface area contributed by atoms with Gasteiger partial charge in [0, 0.05) is 17.7 Å². The number of carbonyl (C=O) groups excluding carboxylic acids is 1. The van der Waals surface area contributed by atoms with Crippen molar-refractivity contribution in [2.75, 3.05) is 26.2 Å². The summed E-state index contributed by atoms with van der Waals surface area (Å²) in [5.74, 6) is 1.64. The Hall–Kier alpha value is -3.58. The lowest BCUT2D eigenvalue weighted by Crippen LogP contribution is -2.30. The predicted molar refractivity (Wildman–Crippen MR) is 123 cm³/mol. The maximum Gasteiger partial charge on any atom is 0.260 e. The Morgan fingerprint density at radius 3 is 2.19 bits per heavy atom. The van der Waals surface area contributed by atoms with Gasteiger partial charge in [-0.15, -0.1) is 0 Å². The Bertz CT molecular complexity index is 1180. The van der Waals surface area contributed by atoms with Gasteiger partial charge in [-0.25, -0.2) is 4.98 Å². The highest BCUT2D eigenvalue weighted by Crippen LogP contribution is 2.33. The lowest BCUT2D eigenvalue weighted by Gasteiger charge is -2.21. The van der Waals surface area contributed by atoms with Crippen molar-refractivity contribution < 1.29 is 19.0 Å². The molecule has 1 amide bonds.